The van der Waals surface area contributed by atoms with Gasteiger partial charge in [-0.1, -0.05) is 129 Å². The van der Waals surface area contributed by atoms with Gasteiger partial charge in [-0.2, -0.15) is 0 Å². The molecule has 0 aromatic rings. The van der Waals surface area contributed by atoms with Crippen LogP contribution in [0.4, 0.5) is 0 Å². The Balaban J connectivity index is 3.11. The zero-order chi connectivity index (χ0) is 20.9. The summed E-state index contributed by atoms with van der Waals surface area (Å²) in [6.07, 6.45) is 25.6. The Bertz CT molecular complexity index is 357. The fourth-order valence-corrected chi connectivity index (χ4v) is 4.33. The molecular weight excluding hydrogens is 371 g/mol. The van der Waals surface area contributed by atoms with Gasteiger partial charge in [0, 0.05) is 0 Å². The van der Waals surface area contributed by atoms with Crippen molar-refractivity contribution in [3.8, 4) is 0 Å². The molecule has 0 aromatic carbocycles. The van der Waals surface area contributed by atoms with Gasteiger partial charge in [0.15, 0.2) is 0 Å². The summed E-state index contributed by atoms with van der Waals surface area (Å²) in [6.45, 7) is 3.93. The quantitative estimate of drug-likeness (QED) is 0.140. The lowest BCUT2D eigenvalue weighted by Gasteiger charge is -2.32. The van der Waals surface area contributed by atoms with Crippen molar-refractivity contribution in [1.82, 2.24) is 0 Å². The molecule has 0 saturated carbocycles. The van der Waals surface area contributed by atoms with Crippen molar-refractivity contribution in [2.24, 2.45) is 0 Å². The van der Waals surface area contributed by atoms with Gasteiger partial charge in [0.1, 0.15) is 0 Å². The molecule has 5 heteroatoms. The largest absolute Gasteiger partial charge is 0.790 e. The highest BCUT2D eigenvalue weighted by Crippen LogP contribution is 2.28. The predicted octanol–water partition coefficient (Wildman–Crippen LogP) is 7.04. The number of rotatable bonds is 22. The van der Waals surface area contributed by atoms with Gasteiger partial charge in [0.2, 0.25) is 0 Å². The molecule has 1 unspecified atom stereocenters. The first kappa shape index (κ1) is 28.1. The molecule has 4 nitrogen and oxygen atoms in total. The van der Waals surface area contributed by atoms with Crippen LogP contribution in [0.5, 0.6) is 0 Å². The summed E-state index contributed by atoms with van der Waals surface area (Å²) in [4.78, 5) is 21.0. The van der Waals surface area contributed by atoms with E-state index in [4.69, 9.17) is 0 Å². The van der Waals surface area contributed by atoms with Gasteiger partial charge in [-0.05, 0) is 13.3 Å². The van der Waals surface area contributed by atoms with E-state index in [0.29, 0.717) is 6.42 Å². The summed E-state index contributed by atoms with van der Waals surface area (Å²) in [5.41, 5.74) is 0. The molecule has 0 spiro atoms. The smallest absolute Gasteiger partial charge is 0.0600 e. The second-order valence-corrected chi connectivity index (χ2v) is 9.62. The monoisotopic (exact) mass is 418 g/mol. The fraction of sp³-hybridized carbons (Fsp3) is 1.00. The van der Waals surface area contributed by atoms with E-state index in [9.17, 15) is 14.4 Å². The maximum Gasteiger partial charge on any atom is 0.0600 e. The lowest BCUT2D eigenvalue weighted by molar-refractivity contribution is -0.344. The maximum atomic E-state index is 10.5. The summed E-state index contributed by atoms with van der Waals surface area (Å²) in [6, 6.07) is 0. The van der Waals surface area contributed by atoms with Gasteiger partial charge in [-0.25, -0.2) is 0 Å². The summed E-state index contributed by atoms with van der Waals surface area (Å²) < 4.78 is 14.9. The van der Waals surface area contributed by atoms with E-state index in [1.165, 1.54) is 109 Å². The van der Waals surface area contributed by atoms with Crippen molar-refractivity contribution in [3.63, 3.8) is 0 Å². The van der Waals surface area contributed by atoms with Crippen LogP contribution in [-0.2, 0) is 9.09 Å². The minimum Gasteiger partial charge on any atom is -0.790 e. The molecule has 0 aliphatic rings. The SMILES string of the molecule is CCCCCCCCCCCCCCCCCCCCCC(C)OP(=O)([O-])[O-]. The first-order valence-corrected chi connectivity index (χ1v) is 13.6. The van der Waals surface area contributed by atoms with E-state index in [1.54, 1.807) is 6.92 Å². The van der Waals surface area contributed by atoms with Gasteiger partial charge >= 0.3 is 0 Å². The Labute approximate surface area is 175 Å². The van der Waals surface area contributed by atoms with Crippen LogP contribution < -0.4 is 9.79 Å². The zero-order valence-electron chi connectivity index (χ0n) is 18.8. The van der Waals surface area contributed by atoms with Crippen molar-refractivity contribution in [1.29, 1.82) is 0 Å². The third-order valence-electron chi connectivity index (χ3n) is 5.52. The highest BCUT2D eigenvalue weighted by molar-refractivity contribution is 7.43. The third kappa shape index (κ3) is 24.1. The highest BCUT2D eigenvalue weighted by atomic mass is 31.2. The van der Waals surface area contributed by atoms with Crippen molar-refractivity contribution in [2.45, 2.75) is 148 Å². The van der Waals surface area contributed by atoms with E-state index in [1.807, 2.05) is 0 Å². The molecule has 0 N–H and O–H groups in total. The van der Waals surface area contributed by atoms with Crippen molar-refractivity contribution in [2.75, 3.05) is 0 Å². The number of unbranched alkanes of at least 4 members (excludes halogenated alkanes) is 18. The molecular formula is C23H47O4P-2. The number of hydrogen-bond acceptors (Lipinski definition) is 4. The van der Waals surface area contributed by atoms with Crippen LogP contribution in [0.3, 0.4) is 0 Å². The molecule has 0 aliphatic carbocycles. The summed E-state index contributed by atoms with van der Waals surface area (Å²) in [5, 5.41) is 0. The van der Waals surface area contributed by atoms with Crippen LogP contribution in [0.1, 0.15) is 142 Å². The summed E-state index contributed by atoms with van der Waals surface area (Å²) >= 11 is 0. The molecule has 0 rings (SSSR count). The molecule has 28 heavy (non-hydrogen) atoms. The molecule has 0 aromatic heterocycles. The van der Waals surface area contributed by atoms with Crippen LogP contribution in [0, 0.1) is 0 Å². The summed E-state index contributed by atoms with van der Waals surface area (Å²) in [5.74, 6) is 0. The minimum atomic E-state index is -4.82. The van der Waals surface area contributed by atoms with Gasteiger partial charge < -0.3 is 18.9 Å². The molecule has 0 saturated heterocycles. The molecule has 0 heterocycles. The molecule has 1 atom stereocenters. The molecule has 0 bridgehead atoms. The van der Waals surface area contributed by atoms with Crippen LogP contribution in [0.25, 0.3) is 0 Å². The zero-order valence-corrected chi connectivity index (χ0v) is 19.7. The van der Waals surface area contributed by atoms with Crippen molar-refractivity contribution in [3.05, 3.63) is 0 Å². The van der Waals surface area contributed by atoms with Crippen LogP contribution in [-0.4, -0.2) is 6.10 Å². The molecule has 170 valence electrons. The predicted molar refractivity (Wildman–Crippen MR) is 116 cm³/mol. The topological polar surface area (TPSA) is 72.4 Å². The normalized spacial score (nSPS) is 13.1. The van der Waals surface area contributed by atoms with Crippen molar-refractivity contribution < 1.29 is 18.9 Å². The lowest BCUT2D eigenvalue weighted by Crippen LogP contribution is -2.21. The first-order valence-electron chi connectivity index (χ1n) is 12.2. The molecule has 0 amide bonds. The fourth-order valence-electron chi connectivity index (χ4n) is 3.78. The van der Waals surface area contributed by atoms with E-state index in [0.717, 1.165) is 12.8 Å². The second kappa shape index (κ2) is 20.4. The average Bonchev–Trinajstić information content (AvgIpc) is 2.62. The number of phosphoric acid groups is 1. The Hall–Kier alpha value is 0.110. The van der Waals surface area contributed by atoms with Gasteiger partial charge in [0.25, 0.3) is 0 Å². The molecule has 0 aliphatic heterocycles. The summed E-state index contributed by atoms with van der Waals surface area (Å²) in [7, 11) is -4.82. The molecule has 0 radical (unpaired) electrons. The average molecular weight is 419 g/mol. The Kier molecular flexibility index (Phi) is 20.5. The highest BCUT2D eigenvalue weighted by Gasteiger charge is 2.04. The van der Waals surface area contributed by atoms with Gasteiger partial charge in [-0.15, -0.1) is 0 Å². The standard InChI is InChI=1S/C23H49O4P/c1-3-4-5-6-7-8-9-10-11-12-13-14-15-16-17-18-19-20-21-22-23(2)27-28(24,25)26/h23H,3-22H2,1-2H3,(H2,24,25,26)/p-2. The van der Waals surface area contributed by atoms with Crippen LogP contribution >= 0.6 is 7.82 Å². The first-order chi connectivity index (χ1) is 13.5. The van der Waals surface area contributed by atoms with Crippen LogP contribution in [0.15, 0.2) is 0 Å². The molecule has 0 fully saturated rings. The number of phosphoric ester groups is 1. The van der Waals surface area contributed by atoms with Crippen LogP contribution in [0.2, 0.25) is 0 Å². The van der Waals surface area contributed by atoms with E-state index in [-0.39, 0.29) is 0 Å². The van der Waals surface area contributed by atoms with Gasteiger partial charge in [0.05, 0.1) is 13.9 Å². The maximum absolute atomic E-state index is 10.5. The van der Waals surface area contributed by atoms with E-state index < -0.39 is 13.9 Å². The minimum absolute atomic E-state index is 0.480. The Morgan fingerprint density at radius 2 is 0.893 bits per heavy atom. The van der Waals surface area contributed by atoms with Gasteiger partial charge in [-0.3, -0.25) is 0 Å². The van der Waals surface area contributed by atoms with E-state index in [2.05, 4.69) is 11.4 Å². The Morgan fingerprint density at radius 1 is 0.607 bits per heavy atom. The second-order valence-electron chi connectivity index (χ2n) is 8.52. The number of hydrogen-bond donors (Lipinski definition) is 0. The van der Waals surface area contributed by atoms with Crippen molar-refractivity contribution >= 4 is 7.82 Å². The lowest BCUT2D eigenvalue weighted by atomic mass is 10.0. The van der Waals surface area contributed by atoms with E-state index >= 15 is 0 Å². The third-order valence-corrected chi connectivity index (χ3v) is 6.14. The Morgan fingerprint density at radius 3 is 1.18 bits per heavy atom.